The Hall–Kier alpha value is -2.58. The molecule has 0 saturated heterocycles. The third-order valence-electron chi connectivity index (χ3n) is 4.07. The maximum Gasteiger partial charge on any atom is 0.358 e. The Balaban J connectivity index is 1.71. The number of nitrogens with one attached hydrogen (secondary N) is 1. The lowest BCUT2D eigenvalue weighted by Crippen LogP contribution is -2.15. The molecule has 2 N–H and O–H groups in total. The van der Waals surface area contributed by atoms with Crippen molar-refractivity contribution in [1.29, 1.82) is 0 Å². The summed E-state index contributed by atoms with van der Waals surface area (Å²) in [6, 6.07) is 17.1. The van der Waals surface area contributed by atoms with Gasteiger partial charge in [-0.1, -0.05) is 46.3 Å². The number of carboxylic acid groups (broad SMARTS) is 1. The van der Waals surface area contributed by atoms with E-state index in [4.69, 9.17) is 0 Å². The van der Waals surface area contributed by atoms with E-state index in [9.17, 15) is 14.7 Å². The molecule has 2 aromatic carbocycles. The summed E-state index contributed by atoms with van der Waals surface area (Å²) >= 11 is 4.74. The second-order valence-electron chi connectivity index (χ2n) is 6.05. The molecule has 0 radical (unpaired) electrons. The van der Waals surface area contributed by atoms with Crippen LogP contribution in [0.15, 0.2) is 70.2 Å². The standard InChI is InChI=1S/C20H18BrN3O3S/c1-13(14-5-3-2-4-6-14)24-11-17(19(23-24)20(26)27)22-18(25)12-28-16-9-7-15(21)8-10-16/h2-11,13H,12H2,1H3,(H,22,25)(H,26,27). The van der Waals surface area contributed by atoms with Gasteiger partial charge in [0.25, 0.3) is 0 Å². The normalized spacial score (nSPS) is 11.8. The molecule has 0 aliphatic heterocycles. The highest BCUT2D eigenvalue weighted by molar-refractivity contribution is 9.10. The van der Waals surface area contributed by atoms with Gasteiger partial charge in [-0.3, -0.25) is 9.48 Å². The monoisotopic (exact) mass is 459 g/mol. The fourth-order valence-corrected chi connectivity index (χ4v) is 3.55. The highest BCUT2D eigenvalue weighted by Crippen LogP contribution is 2.24. The van der Waals surface area contributed by atoms with E-state index in [1.807, 2.05) is 61.5 Å². The first-order chi connectivity index (χ1) is 13.4. The van der Waals surface area contributed by atoms with E-state index >= 15 is 0 Å². The molecule has 3 aromatic rings. The molecule has 0 aliphatic rings. The van der Waals surface area contributed by atoms with E-state index in [1.54, 1.807) is 10.9 Å². The average molecular weight is 460 g/mol. The Morgan fingerprint density at radius 2 is 1.86 bits per heavy atom. The van der Waals surface area contributed by atoms with Crippen LogP contribution in [0.5, 0.6) is 0 Å². The molecule has 1 atom stereocenters. The van der Waals surface area contributed by atoms with Crippen LogP contribution in [0.1, 0.15) is 29.0 Å². The fourth-order valence-electron chi connectivity index (χ4n) is 2.59. The van der Waals surface area contributed by atoms with Gasteiger partial charge >= 0.3 is 5.97 Å². The van der Waals surface area contributed by atoms with Crippen molar-refractivity contribution >= 4 is 45.3 Å². The second kappa shape index (κ2) is 9.07. The zero-order valence-corrected chi connectivity index (χ0v) is 17.4. The second-order valence-corrected chi connectivity index (χ2v) is 8.02. The van der Waals surface area contributed by atoms with Gasteiger partial charge in [0.15, 0.2) is 5.69 Å². The van der Waals surface area contributed by atoms with Gasteiger partial charge in [-0.2, -0.15) is 5.10 Å². The zero-order chi connectivity index (χ0) is 20.1. The molecule has 1 aromatic heterocycles. The first-order valence-corrected chi connectivity index (χ1v) is 10.3. The Morgan fingerprint density at radius 1 is 1.18 bits per heavy atom. The zero-order valence-electron chi connectivity index (χ0n) is 15.0. The van der Waals surface area contributed by atoms with Crippen LogP contribution in [-0.2, 0) is 4.79 Å². The number of aromatic carboxylic acids is 1. The number of thioether (sulfide) groups is 1. The minimum Gasteiger partial charge on any atom is -0.476 e. The summed E-state index contributed by atoms with van der Waals surface area (Å²) < 4.78 is 2.52. The SMILES string of the molecule is CC(c1ccccc1)n1cc(NC(=O)CSc2ccc(Br)cc2)c(C(=O)O)n1. The van der Waals surface area contributed by atoms with E-state index in [0.29, 0.717) is 0 Å². The fraction of sp³-hybridized carbons (Fsp3) is 0.150. The van der Waals surface area contributed by atoms with Gasteiger partial charge in [0.2, 0.25) is 5.91 Å². The van der Waals surface area contributed by atoms with E-state index in [2.05, 4.69) is 26.3 Å². The van der Waals surface area contributed by atoms with E-state index in [1.165, 1.54) is 11.8 Å². The number of halogens is 1. The number of hydrogen-bond acceptors (Lipinski definition) is 4. The summed E-state index contributed by atoms with van der Waals surface area (Å²) in [5, 5.41) is 16.3. The van der Waals surface area contributed by atoms with Crippen LogP contribution in [0.2, 0.25) is 0 Å². The van der Waals surface area contributed by atoms with Crippen LogP contribution in [0.25, 0.3) is 0 Å². The molecule has 0 bridgehead atoms. The molecule has 144 valence electrons. The highest BCUT2D eigenvalue weighted by Gasteiger charge is 2.20. The lowest BCUT2D eigenvalue weighted by molar-refractivity contribution is -0.113. The lowest BCUT2D eigenvalue weighted by atomic mass is 10.1. The van der Waals surface area contributed by atoms with Crippen molar-refractivity contribution < 1.29 is 14.7 Å². The number of hydrogen-bond donors (Lipinski definition) is 2. The van der Waals surface area contributed by atoms with Crippen LogP contribution in [-0.4, -0.2) is 32.5 Å². The molecular weight excluding hydrogens is 442 g/mol. The van der Waals surface area contributed by atoms with Crippen LogP contribution in [0.4, 0.5) is 5.69 Å². The smallest absolute Gasteiger partial charge is 0.358 e. The van der Waals surface area contributed by atoms with Crippen molar-refractivity contribution in [2.24, 2.45) is 0 Å². The maximum atomic E-state index is 12.3. The number of benzene rings is 2. The third-order valence-corrected chi connectivity index (χ3v) is 5.61. The topological polar surface area (TPSA) is 84.2 Å². The van der Waals surface area contributed by atoms with Crippen molar-refractivity contribution in [3.8, 4) is 0 Å². The predicted octanol–water partition coefficient (Wildman–Crippen LogP) is 4.68. The van der Waals surface area contributed by atoms with Gasteiger partial charge in [-0.25, -0.2) is 4.79 Å². The van der Waals surface area contributed by atoms with Crippen LogP contribution >= 0.6 is 27.7 Å². The average Bonchev–Trinajstić information content (AvgIpc) is 3.11. The number of carboxylic acids is 1. The summed E-state index contributed by atoms with van der Waals surface area (Å²) in [4.78, 5) is 24.8. The molecule has 0 saturated carbocycles. The minimum atomic E-state index is -1.19. The summed E-state index contributed by atoms with van der Waals surface area (Å²) in [6.07, 6.45) is 1.56. The number of anilines is 1. The highest BCUT2D eigenvalue weighted by atomic mass is 79.9. The van der Waals surface area contributed by atoms with Crippen LogP contribution in [0.3, 0.4) is 0 Å². The number of carbonyl (C=O) groups excluding carboxylic acids is 1. The summed E-state index contributed by atoms with van der Waals surface area (Å²) in [5.41, 5.74) is 1.01. The van der Waals surface area contributed by atoms with Crippen molar-refractivity contribution in [1.82, 2.24) is 9.78 Å². The van der Waals surface area contributed by atoms with Gasteiger partial charge in [-0.15, -0.1) is 11.8 Å². The molecule has 0 aliphatic carbocycles. The first kappa shape index (κ1) is 20.2. The Kier molecular flexibility index (Phi) is 6.53. The summed E-state index contributed by atoms with van der Waals surface area (Å²) in [6.45, 7) is 1.92. The first-order valence-electron chi connectivity index (χ1n) is 8.49. The lowest BCUT2D eigenvalue weighted by Gasteiger charge is -2.12. The van der Waals surface area contributed by atoms with Gasteiger partial charge in [-0.05, 0) is 36.8 Å². The number of carbonyl (C=O) groups is 2. The van der Waals surface area contributed by atoms with E-state index in [-0.39, 0.29) is 29.1 Å². The Morgan fingerprint density at radius 3 is 2.50 bits per heavy atom. The van der Waals surface area contributed by atoms with Crippen LogP contribution < -0.4 is 5.32 Å². The van der Waals surface area contributed by atoms with Crippen molar-refractivity contribution in [2.75, 3.05) is 11.1 Å². The largest absolute Gasteiger partial charge is 0.476 e. The molecular formula is C20H18BrN3O3S. The van der Waals surface area contributed by atoms with Gasteiger partial charge in [0.1, 0.15) is 0 Å². The molecule has 28 heavy (non-hydrogen) atoms. The Labute approximate surface area is 175 Å². The number of amides is 1. The van der Waals surface area contributed by atoms with Crippen molar-refractivity contribution in [3.05, 3.63) is 76.5 Å². The number of nitrogens with zero attached hydrogens (tertiary/aromatic N) is 2. The maximum absolute atomic E-state index is 12.3. The van der Waals surface area contributed by atoms with Gasteiger partial charge in [0, 0.05) is 9.37 Å². The molecule has 0 spiro atoms. The van der Waals surface area contributed by atoms with Crippen molar-refractivity contribution in [2.45, 2.75) is 17.9 Å². The quantitative estimate of drug-likeness (QED) is 0.500. The molecule has 0 fully saturated rings. The van der Waals surface area contributed by atoms with Gasteiger partial charge in [0.05, 0.1) is 23.7 Å². The minimum absolute atomic E-state index is 0.165. The van der Waals surface area contributed by atoms with Gasteiger partial charge < -0.3 is 10.4 Å². The molecule has 6 nitrogen and oxygen atoms in total. The van der Waals surface area contributed by atoms with E-state index < -0.39 is 5.97 Å². The molecule has 8 heteroatoms. The van der Waals surface area contributed by atoms with Crippen LogP contribution in [0, 0.1) is 0 Å². The molecule has 1 unspecified atom stereocenters. The summed E-state index contributed by atoms with van der Waals surface area (Å²) in [5.74, 6) is -1.31. The molecule has 1 heterocycles. The van der Waals surface area contributed by atoms with E-state index in [0.717, 1.165) is 14.9 Å². The number of aromatic nitrogens is 2. The molecule has 1 amide bonds. The Bertz CT molecular complexity index is 974. The third kappa shape index (κ3) is 5.02. The van der Waals surface area contributed by atoms with Crippen molar-refractivity contribution in [3.63, 3.8) is 0 Å². The molecule has 3 rings (SSSR count). The number of rotatable bonds is 7. The summed E-state index contributed by atoms with van der Waals surface area (Å²) in [7, 11) is 0. The predicted molar refractivity (Wildman–Crippen MR) is 113 cm³/mol.